The molecule has 0 unspecified atom stereocenters. The number of rotatable bonds is 3. The Balaban J connectivity index is 4.54. The highest BCUT2D eigenvalue weighted by molar-refractivity contribution is 5.81. The van der Waals surface area contributed by atoms with Crippen LogP contribution in [0.5, 0.6) is 0 Å². The smallest absolute Gasteiger partial charge is 0.407 e. The Morgan fingerprint density at radius 2 is 1.69 bits per heavy atom. The Hall–Kier alpha value is -1.26. The molecule has 94 valence electrons. The third-order valence-electron chi connectivity index (χ3n) is 1.79. The molecule has 0 aromatic carbocycles. The molecule has 1 amide bonds. The Morgan fingerprint density at radius 3 is 2.00 bits per heavy atom. The van der Waals surface area contributed by atoms with E-state index in [1.165, 1.54) is 7.11 Å². The lowest BCUT2D eigenvalue weighted by atomic mass is 10.0. The molecule has 0 bridgehead atoms. The number of carbonyl (C=O) groups is 2. The van der Waals surface area contributed by atoms with E-state index in [0.717, 1.165) is 0 Å². The second-order valence-corrected chi connectivity index (χ2v) is 4.89. The first kappa shape index (κ1) is 14.7. The second kappa shape index (κ2) is 5.72. The number of ether oxygens (including phenoxy) is 2. The predicted molar refractivity (Wildman–Crippen MR) is 60.0 cm³/mol. The molecule has 0 fully saturated rings. The molecule has 0 aliphatic rings. The van der Waals surface area contributed by atoms with Crippen LogP contribution < -0.4 is 5.32 Å². The molecule has 0 saturated heterocycles. The van der Waals surface area contributed by atoms with Crippen molar-refractivity contribution in [3.63, 3.8) is 0 Å². The Morgan fingerprint density at radius 1 is 1.19 bits per heavy atom. The summed E-state index contributed by atoms with van der Waals surface area (Å²) in [5.74, 6) is -0.512. The Bertz CT molecular complexity index is 255. The zero-order chi connectivity index (χ0) is 12.9. The first-order chi connectivity index (χ1) is 7.17. The van der Waals surface area contributed by atoms with Crippen molar-refractivity contribution in [1.82, 2.24) is 5.32 Å². The minimum atomic E-state index is -0.688. The van der Waals surface area contributed by atoms with Crippen molar-refractivity contribution in [2.24, 2.45) is 5.92 Å². The third-order valence-corrected chi connectivity index (χ3v) is 1.79. The zero-order valence-corrected chi connectivity index (χ0v) is 10.8. The standard InChI is InChI=1S/C11H21NO4/c1-7(2)8(12-10(14)15-6)9(13)16-11(3,4)5/h7-8H,1-6H3,(H,12,14)/t8-/m0/s1. The molecule has 0 aliphatic carbocycles. The molecule has 16 heavy (non-hydrogen) atoms. The van der Waals surface area contributed by atoms with Gasteiger partial charge < -0.3 is 14.8 Å². The molecular formula is C11H21NO4. The van der Waals surface area contributed by atoms with E-state index in [1.54, 1.807) is 20.8 Å². The van der Waals surface area contributed by atoms with E-state index >= 15 is 0 Å². The highest BCUT2D eigenvalue weighted by Crippen LogP contribution is 2.12. The maximum Gasteiger partial charge on any atom is 0.407 e. The fourth-order valence-corrected chi connectivity index (χ4v) is 1.05. The molecule has 0 rings (SSSR count). The molecule has 0 radical (unpaired) electrons. The molecular weight excluding hydrogens is 210 g/mol. The van der Waals surface area contributed by atoms with Crippen LogP contribution in [0.3, 0.4) is 0 Å². The van der Waals surface area contributed by atoms with Gasteiger partial charge in [0.05, 0.1) is 7.11 Å². The van der Waals surface area contributed by atoms with Crippen molar-refractivity contribution in [2.75, 3.05) is 7.11 Å². The van der Waals surface area contributed by atoms with Gasteiger partial charge >= 0.3 is 12.1 Å². The quantitative estimate of drug-likeness (QED) is 0.751. The van der Waals surface area contributed by atoms with E-state index in [-0.39, 0.29) is 5.92 Å². The molecule has 1 N–H and O–H groups in total. The zero-order valence-electron chi connectivity index (χ0n) is 10.8. The Kier molecular flexibility index (Phi) is 5.27. The molecule has 0 aromatic rings. The maximum atomic E-state index is 11.8. The van der Waals surface area contributed by atoms with Crippen LogP contribution in [0, 0.1) is 5.92 Å². The normalized spacial score (nSPS) is 13.2. The molecule has 5 heteroatoms. The molecule has 0 spiro atoms. The average Bonchev–Trinajstić information content (AvgIpc) is 2.09. The molecule has 0 aliphatic heterocycles. The van der Waals surface area contributed by atoms with E-state index < -0.39 is 23.7 Å². The van der Waals surface area contributed by atoms with Crippen LogP contribution in [0.1, 0.15) is 34.6 Å². The molecule has 1 atom stereocenters. The maximum absolute atomic E-state index is 11.8. The first-order valence-electron chi connectivity index (χ1n) is 5.24. The van der Waals surface area contributed by atoms with Crippen LogP contribution >= 0.6 is 0 Å². The number of nitrogens with one attached hydrogen (secondary N) is 1. The summed E-state index contributed by atoms with van der Waals surface area (Å²) in [5, 5.41) is 2.45. The molecule has 0 saturated carbocycles. The molecule has 0 aromatic heterocycles. The number of methoxy groups -OCH3 is 1. The lowest BCUT2D eigenvalue weighted by Gasteiger charge is -2.26. The van der Waals surface area contributed by atoms with Gasteiger partial charge in [-0.05, 0) is 26.7 Å². The van der Waals surface area contributed by atoms with Gasteiger partial charge in [-0.25, -0.2) is 9.59 Å². The number of hydrogen-bond acceptors (Lipinski definition) is 4. The SMILES string of the molecule is COC(=O)N[C@H](C(=O)OC(C)(C)C)C(C)C. The lowest BCUT2D eigenvalue weighted by Crippen LogP contribution is -2.47. The van der Waals surface area contributed by atoms with Crippen LogP contribution in [0.25, 0.3) is 0 Å². The number of hydrogen-bond donors (Lipinski definition) is 1. The highest BCUT2D eigenvalue weighted by atomic mass is 16.6. The number of esters is 1. The van der Waals surface area contributed by atoms with E-state index in [9.17, 15) is 9.59 Å². The minimum absolute atomic E-state index is 0.0612. The first-order valence-corrected chi connectivity index (χ1v) is 5.24. The van der Waals surface area contributed by atoms with Gasteiger partial charge in [-0.1, -0.05) is 13.8 Å². The number of amides is 1. The number of alkyl carbamates (subject to hydrolysis) is 1. The van der Waals surface area contributed by atoms with Crippen molar-refractivity contribution in [3.05, 3.63) is 0 Å². The van der Waals surface area contributed by atoms with Crippen LogP contribution in [0.15, 0.2) is 0 Å². The van der Waals surface area contributed by atoms with Gasteiger partial charge in [-0.3, -0.25) is 0 Å². The summed E-state index contributed by atoms with van der Waals surface area (Å²) in [6.45, 7) is 8.98. The topological polar surface area (TPSA) is 64.6 Å². The summed E-state index contributed by atoms with van der Waals surface area (Å²) in [6.07, 6.45) is -0.635. The van der Waals surface area contributed by atoms with E-state index in [4.69, 9.17) is 4.74 Å². The monoisotopic (exact) mass is 231 g/mol. The Labute approximate surface area is 96.5 Å². The van der Waals surface area contributed by atoms with Crippen molar-refractivity contribution in [2.45, 2.75) is 46.3 Å². The van der Waals surface area contributed by atoms with Gasteiger partial charge in [0.2, 0.25) is 0 Å². The summed E-state index contributed by atoms with van der Waals surface area (Å²) in [5.41, 5.74) is -0.567. The van der Waals surface area contributed by atoms with Gasteiger partial charge in [0.1, 0.15) is 11.6 Å². The van der Waals surface area contributed by atoms with E-state index in [2.05, 4.69) is 10.1 Å². The predicted octanol–water partition coefficient (Wildman–Crippen LogP) is 1.71. The van der Waals surface area contributed by atoms with Gasteiger partial charge in [0.25, 0.3) is 0 Å². The van der Waals surface area contributed by atoms with Crippen molar-refractivity contribution in [1.29, 1.82) is 0 Å². The van der Waals surface area contributed by atoms with Crippen LogP contribution in [-0.4, -0.2) is 30.8 Å². The summed E-state index contributed by atoms with van der Waals surface area (Å²) in [6, 6.07) is -0.688. The highest BCUT2D eigenvalue weighted by Gasteiger charge is 2.29. The summed E-state index contributed by atoms with van der Waals surface area (Å²) < 4.78 is 9.65. The largest absolute Gasteiger partial charge is 0.458 e. The average molecular weight is 231 g/mol. The van der Waals surface area contributed by atoms with E-state index in [0.29, 0.717) is 0 Å². The van der Waals surface area contributed by atoms with Crippen LogP contribution in [0.4, 0.5) is 4.79 Å². The minimum Gasteiger partial charge on any atom is -0.458 e. The second-order valence-electron chi connectivity index (χ2n) is 4.89. The fraction of sp³-hybridized carbons (Fsp3) is 0.818. The van der Waals surface area contributed by atoms with Gasteiger partial charge in [-0.2, -0.15) is 0 Å². The van der Waals surface area contributed by atoms with Gasteiger partial charge in [0.15, 0.2) is 0 Å². The van der Waals surface area contributed by atoms with Crippen molar-refractivity contribution >= 4 is 12.1 Å². The summed E-state index contributed by atoms with van der Waals surface area (Å²) >= 11 is 0. The van der Waals surface area contributed by atoms with Gasteiger partial charge in [0, 0.05) is 0 Å². The van der Waals surface area contributed by atoms with Gasteiger partial charge in [-0.15, -0.1) is 0 Å². The van der Waals surface area contributed by atoms with Crippen molar-refractivity contribution in [3.8, 4) is 0 Å². The summed E-state index contributed by atoms with van der Waals surface area (Å²) in [7, 11) is 1.25. The van der Waals surface area contributed by atoms with Crippen LogP contribution in [0.2, 0.25) is 0 Å². The summed E-state index contributed by atoms with van der Waals surface area (Å²) in [4.78, 5) is 22.8. The fourth-order valence-electron chi connectivity index (χ4n) is 1.05. The number of carbonyl (C=O) groups excluding carboxylic acids is 2. The van der Waals surface area contributed by atoms with E-state index in [1.807, 2.05) is 13.8 Å². The van der Waals surface area contributed by atoms with Crippen molar-refractivity contribution < 1.29 is 19.1 Å². The van der Waals surface area contributed by atoms with Crippen LogP contribution in [-0.2, 0) is 14.3 Å². The third kappa shape index (κ3) is 5.58. The lowest BCUT2D eigenvalue weighted by molar-refractivity contribution is -0.158. The molecule has 0 heterocycles. The molecule has 5 nitrogen and oxygen atoms in total.